The van der Waals surface area contributed by atoms with Crippen LogP contribution >= 0.6 is 0 Å². The first-order chi connectivity index (χ1) is 7.78. The van der Waals surface area contributed by atoms with Crippen molar-refractivity contribution in [3.63, 3.8) is 0 Å². The molecule has 0 aromatic heterocycles. The third-order valence-corrected chi connectivity index (χ3v) is 5.71. The van der Waals surface area contributed by atoms with Crippen LogP contribution in [0.3, 0.4) is 0 Å². The molecule has 3 fully saturated rings. The summed E-state index contributed by atoms with van der Waals surface area (Å²) in [5.41, 5.74) is 0.445. The largest absolute Gasteiger partial charge is 0.247 e. The van der Waals surface area contributed by atoms with E-state index in [0.717, 1.165) is 31.1 Å². The van der Waals surface area contributed by atoms with E-state index in [-0.39, 0.29) is 0 Å². The predicted molar refractivity (Wildman–Crippen MR) is 65.1 cm³/mol. The van der Waals surface area contributed by atoms with Gasteiger partial charge in [0.2, 0.25) is 0 Å². The number of halogens is 1. The lowest BCUT2D eigenvalue weighted by molar-refractivity contribution is 0.0806. The molecule has 3 atom stereocenters. The van der Waals surface area contributed by atoms with Crippen LogP contribution in [-0.4, -0.2) is 6.17 Å². The summed E-state index contributed by atoms with van der Waals surface area (Å²) in [5, 5.41) is 0. The smallest absolute Gasteiger partial charge is 0.101 e. The Morgan fingerprint density at radius 3 is 2.44 bits per heavy atom. The van der Waals surface area contributed by atoms with Crippen LogP contribution < -0.4 is 0 Å². The highest BCUT2D eigenvalue weighted by Crippen LogP contribution is 2.56. The summed E-state index contributed by atoms with van der Waals surface area (Å²) in [5.74, 6) is 1.85. The van der Waals surface area contributed by atoms with Crippen molar-refractivity contribution >= 4 is 0 Å². The number of hydrogen-bond donors (Lipinski definition) is 0. The van der Waals surface area contributed by atoms with Gasteiger partial charge in [-0.1, -0.05) is 32.1 Å². The minimum Gasteiger partial charge on any atom is -0.247 e. The van der Waals surface area contributed by atoms with Crippen LogP contribution in [0.4, 0.5) is 4.39 Å². The van der Waals surface area contributed by atoms with Crippen molar-refractivity contribution in [3.05, 3.63) is 0 Å². The zero-order chi connectivity index (χ0) is 11.0. The van der Waals surface area contributed by atoms with Gasteiger partial charge in [0.1, 0.15) is 6.17 Å². The predicted octanol–water partition coefficient (Wildman–Crippen LogP) is 4.88. The van der Waals surface area contributed by atoms with Gasteiger partial charge in [-0.2, -0.15) is 0 Å². The van der Waals surface area contributed by atoms with Crippen LogP contribution in [0.25, 0.3) is 0 Å². The van der Waals surface area contributed by atoms with Crippen molar-refractivity contribution < 1.29 is 4.39 Å². The molecule has 3 aliphatic rings. The van der Waals surface area contributed by atoms with Crippen molar-refractivity contribution in [1.82, 2.24) is 0 Å². The monoisotopic (exact) mass is 224 g/mol. The fourth-order valence-electron chi connectivity index (χ4n) is 4.68. The van der Waals surface area contributed by atoms with Crippen molar-refractivity contribution in [1.29, 1.82) is 0 Å². The van der Waals surface area contributed by atoms with E-state index in [1.807, 2.05) is 0 Å². The van der Waals surface area contributed by atoms with Crippen molar-refractivity contribution in [3.8, 4) is 0 Å². The van der Waals surface area contributed by atoms with Crippen molar-refractivity contribution in [2.24, 2.45) is 17.3 Å². The van der Waals surface area contributed by atoms with Gasteiger partial charge in [0.15, 0.2) is 0 Å². The van der Waals surface area contributed by atoms with E-state index in [1.165, 1.54) is 51.4 Å². The van der Waals surface area contributed by atoms with Crippen LogP contribution in [0.2, 0.25) is 0 Å². The second-order valence-corrected chi connectivity index (χ2v) is 6.68. The van der Waals surface area contributed by atoms with Crippen LogP contribution in [0.15, 0.2) is 0 Å². The molecule has 3 aliphatic carbocycles. The van der Waals surface area contributed by atoms with Gasteiger partial charge >= 0.3 is 0 Å². The zero-order valence-electron chi connectivity index (χ0n) is 10.4. The average Bonchev–Trinajstić information content (AvgIpc) is 2.49. The molecular weight excluding hydrogens is 199 g/mol. The number of hydrogen-bond acceptors (Lipinski definition) is 0. The summed E-state index contributed by atoms with van der Waals surface area (Å²) in [6, 6.07) is 0. The first kappa shape index (κ1) is 11.0. The molecule has 1 heteroatoms. The lowest BCUT2D eigenvalue weighted by atomic mass is 9.65. The minimum atomic E-state index is -0.483. The standard InChI is InChI=1S/C15H25F/c16-14-8-2-6-13-7-3-9-15(13,11-14)10-12-4-1-5-12/h12-14H,1-11H2/t13?,14-,15+/m0/s1. The van der Waals surface area contributed by atoms with E-state index < -0.39 is 6.17 Å². The van der Waals surface area contributed by atoms with E-state index >= 15 is 0 Å². The average molecular weight is 224 g/mol. The Labute approximate surface area is 99.0 Å². The first-order valence-corrected chi connectivity index (χ1v) is 7.43. The summed E-state index contributed by atoms with van der Waals surface area (Å²) in [4.78, 5) is 0. The summed E-state index contributed by atoms with van der Waals surface area (Å²) >= 11 is 0. The Kier molecular flexibility index (Phi) is 2.97. The van der Waals surface area contributed by atoms with E-state index in [1.54, 1.807) is 0 Å². The maximum absolute atomic E-state index is 13.9. The van der Waals surface area contributed by atoms with Gasteiger partial charge in [-0.05, 0) is 55.8 Å². The van der Waals surface area contributed by atoms with E-state index in [0.29, 0.717) is 5.41 Å². The molecule has 0 aromatic carbocycles. The zero-order valence-corrected chi connectivity index (χ0v) is 10.4. The minimum absolute atomic E-state index is 0.445. The topological polar surface area (TPSA) is 0 Å². The molecule has 0 spiro atoms. The maximum atomic E-state index is 13.9. The Morgan fingerprint density at radius 1 is 0.938 bits per heavy atom. The quantitative estimate of drug-likeness (QED) is 0.627. The molecule has 0 amide bonds. The van der Waals surface area contributed by atoms with Crippen molar-refractivity contribution in [2.75, 3.05) is 0 Å². The van der Waals surface area contributed by atoms with Crippen LogP contribution in [0.1, 0.15) is 70.6 Å². The fourth-order valence-corrected chi connectivity index (χ4v) is 4.68. The van der Waals surface area contributed by atoms with Gasteiger partial charge in [0.25, 0.3) is 0 Å². The first-order valence-electron chi connectivity index (χ1n) is 7.43. The molecule has 0 saturated heterocycles. The van der Waals surface area contributed by atoms with Crippen LogP contribution in [-0.2, 0) is 0 Å². The second-order valence-electron chi connectivity index (χ2n) is 6.68. The van der Waals surface area contributed by atoms with Crippen LogP contribution in [0.5, 0.6) is 0 Å². The summed E-state index contributed by atoms with van der Waals surface area (Å²) < 4.78 is 13.9. The van der Waals surface area contributed by atoms with E-state index in [2.05, 4.69) is 0 Å². The highest BCUT2D eigenvalue weighted by Gasteiger charge is 2.46. The molecule has 16 heavy (non-hydrogen) atoms. The Morgan fingerprint density at radius 2 is 1.69 bits per heavy atom. The van der Waals surface area contributed by atoms with E-state index in [9.17, 15) is 4.39 Å². The fraction of sp³-hybridized carbons (Fsp3) is 1.00. The molecule has 0 heterocycles. The molecule has 0 bridgehead atoms. The SMILES string of the molecule is F[C@H]1CCCC2CCC[C@@]2(CC2CCC2)C1. The summed E-state index contributed by atoms with van der Waals surface area (Å²) in [7, 11) is 0. The van der Waals surface area contributed by atoms with Crippen LogP contribution in [0, 0.1) is 17.3 Å². The summed E-state index contributed by atoms with van der Waals surface area (Å²) in [6.07, 6.45) is 13.6. The number of fused-ring (bicyclic) bond motifs is 1. The number of rotatable bonds is 2. The van der Waals surface area contributed by atoms with E-state index in [4.69, 9.17) is 0 Å². The molecule has 0 aliphatic heterocycles. The molecule has 0 aromatic rings. The molecule has 3 saturated carbocycles. The van der Waals surface area contributed by atoms with Gasteiger partial charge in [-0.15, -0.1) is 0 Å². The second kappa shape index (κ2) is 4.31. The maximum Gasteiger partial charge on any atom is 0.101 e. The normalized spacial score (nSPS) is 44.8. The summed E-state index contributed by atoms with van der Waals surface area (Å²) in [6.45, 7) is 0. The van der Waals surface area contributed by atoms with Gasteiger partial charge in [-0.25, -0.2) is 4.39 Å². The Bertz CT molecular complexity index is 246. The van der Waals surface area contributed by atoms with Gasteiger partial charge < -0.3 is 0 Å². The molecule has 92 valence electrons. The molecule has 0 N–H and O–H groups in total. The third kappa shape index (κ3) is 1.91. The van der Waals surface area contributed by atoms with Gasteiger partial charge in [-0.3, -0.25) is 0 Å². The Balaban J connectivity index is 1.74. The third-order valence-electron chi connectivity index (χ3n) is 5.71. The number of alkyl halides is 1. The van der Waals surface area contributed by atoms with Gasteiger partial charge in [0.05, 0.1) is 0 Å². The molecule has 0 radical (unpaired) electrons. The lowest BCUT2D eigenvalue weighted by Crippen LogP contribution is -2.31. The van der Waals surface area contributed by atoms with Gasteiger partial charge in [0, 0.05) is 0 Å². The Hall–Kier alpha value is -0.0700. The lowest BCUT2D eigenvalue weighted by Gasteiger charge is -2.41. The molecule has 1 unspecified atom stereocenters. The molecular formula is C15H25F. The highest BCUT2D eigenvalue weighted by molar-refractivity contribution is 4.97. The molecule has 0 nitrogen and oxygen atoms in total. The van der Waals surface area contributed by atoms with Crippen molar-refractivity contribution in [2.45, 2.75) is 76.8 Å². The highest BCUT2D eigenvalue weighted by atomic mass is 19.1. The molecule has 3 rings (SSSR count).